The summed E-state index contributed by atoms with van der Waals surface area (Å²) >= 11 is 0. The van der Waals surface area contributed by atoms with E-state index in [-0.39, 0.29) is 25.4 Å². The molecule has 0 atom stereocenters. The monoisotopic (exact) mass is 202 g/mol. The molecular formula is C9H12F2N2O. The van der Waals surface area contributed by atoms with Crippen LogP contribution in [0.25, 0.3) is 0 Å². The molecule has 1 N–H and O–H groups in total. The minimum absolute atomic E-state index is 0.0245. The number of alkyl halides is 2. The largest absolute Gasteiger partial charge is 0.392 e. The predicted octanol–water partition coefficient (Wildman–Crippen LogP) is 1.42. The maximum absolute atomic E-state index is 12.5. The van der Waals surface area contributed by atoms with Crippen LogP contribution in [-0.2, 0) is 13.2 Å². The summed E-state index contributed by atoms with van der Waals surface area (Å²) in [4.78, 5) is 0. The van der Waals surface area contributed by atoms with Gasteiger partial charge >= 0.3 is 0 Å². The summed E-state index contributed by atoms with van der Waals surface area (Å²) in [5.41, 5.74) is 0.719. The van der Waals surface area contributed by atoms with Crippen LogP contribution in [0.5, 0.6) is 0 Å². The highest BCUT2D eigenvalue weighted by Crippen LogP contribution is 2.42. The van der Waals surface area contributed by atoms with Gasteiger partial charge in [0.25, 0.3) is 0 Å². The summed E-state index contributed by atoms with van der Waals surface area (Å²) < 4.78 is 26.6. The van der Waals surface area contributed by atoms with Gasteiger partial charge in [-0.3, -0.25) is 4.68 Å². The van der Waals surface area contributed by atoms with E-state index in [0.29, 0.717) is 6.54 Å². The third-order valence-electron chi connectivity index (χ3n) is 2.49. The highest BCUT2D eigenvalue weighted by molar-refractivity contribution is 5.01. The second kappa shape index (κ2) is 3.31. The molecule has 0 saturated heterocycles. The zero-order chi connectivity index (χ0) is 10.2. The van der Waals surface area contributed by atoms with Crippen LogP contribution >= 0.6 is 0 Å². The van der Waals surface area contributed by atoms with E-state index >= 15 is 0 Å². The van der Waals surface area contributed by atoms with Crippen molar-refractivity contribution in [2.45, 2.75) is 31.9 Å². The van der Waals surface area contributed by atoms with Crippen LogP contribution in [0.4, 0.5) is 8.78 Å². The number of rotatable bonds is 3. The number of aromatic nitrogens is 2. The third kappa shape index (κ3) is 1.92. The molecule has 1 heterocycles. The smallest absolute Gasteiger partial charge is 0.248 e. The minimum Gasteiger partial charge on any atom is -0.392 e. The van der Waals surface area contributed by atoms with Crippen LogP contribution in [0.2, 0.25) is 0 Å². The number of nitrogens with zero attached hydrogens (tertiary/aromatic N) is 2. The summed E-state index contributed by atoms with van der Waals surface area (Å²) in [6.45, 7) is 0.469. The Balaban J connectivity index is 1.87. The molecule has 3 nitrogen and oxygen atoms in total. The summed E-state index contributed by atoms with van der Waals surface area (Å²) in [5.74, 6) is -2.44. The molecule has 0 bridgehead atoms. The van der Waals surface area contributed by atoms with Crippen molar-refractivity contribution in [3.05, 3.63) is 18.0 Å². The van der Waals surface area contributed by atoms with Gasteiger partial charge in [-0.15, -0.1) is 0 Å². The Hall–Kier alpha value is -0.970. The molecule has 1 aliphatic carbocycles. The van der Waals surface area contributed by atoms with E-state index in [1.807, 2.05) is 0 Å². The predicted molar refractivity (Wildman–Crippen MR) is 45.8 cm³/mol. The number of halogens is 2. The summed E-state index contributed by atoms with van der Waals surface area (Å²) in [5, 5.41) is 12.7. The van der Waals surface area contributed by atoms with E-state index in [1.54, 1.807) is 17.1 Å². The molecule has 0 aromatic carbocycles. The van der Waals surface area contributed by atoms with E-state index in [0.717, 1.165) is 5.56 Å². The SMILES string of the molecule is OCc1cnn(CC2CC(F)(F)C2)c1. The van der Waals surface area contributed by atoms with E-state index in [1.165, 1.54) is 0 Å². The molecule has 5 heteroatoms. The quantitative estimate of drug-likeness (QED) is 0.805. The molecule has 1 aromatic heterocycles. The first-order valence-corrected chi connectivity index (χ1v) is 4.59. The van der Waals surface area contributed by atoms with Crippen molar-refractivity contribution >= 4 is 0 Å². The summed E-state index contributed by atoms with van der Waals surface area (Å²) in [6.07, 6.45) is 3.16. The Labute approximate surface area is 80.3 Å². The Morgan fingerprint density at radius 2 is 2.29 bits per heavy atom. The van der Waals surface area contributed by atoms with E-state index in [4.69, 9.17) is 5.11 Å². The van der Waals surface area contributed by atoms with E-state index in [2.05, 4.69) is 5.10 Å². The molecule has 78 valence electrons. The van der Waals surface area contributed by atoms with Crippen LogP contribution in [0.15, 0.2) is 12.4 Å². The lowest BCUT2D eigenvalue weighted by Gasteiger charge is -2.34. The third-order valence-corrected chi connectivity index (χ3v) is 2.49. The number of aliphatic hydroxyl groups excluding tert-OH is 1. The normalized spacial score (nSPS) is 20.8. The molecule has 1 fully saturated rings. The Morgan fingerprint density at radius 3 is 2.79 bits per heavy atom. The second-order valence-electron chi connectivity index (χ2n) is 3.86. The molecule has 0 spiro atoms. The molecule has 14 heavy (non-hydrogen) atoms. The number of hydrogen-bond donors (Lipinski definition) is 1. The van der Waals surface area contributed by atoms with Crippen LogP contribution in [0.1, 0.15) is 18.4 Å². The molecule has 1 saturated carbocycles. The van der Waals surface area contributed by atoms with Gasteiger partial charge in [-0.25, -0.2) is 8.78 Å². The second-order valence-corrected chi connectivity index (χ2v) is 3.86. The molecule has 0 unspecified atom stereocenters. The fourth-order valence-corrected chi connectivity index (χ4v) is 1.77. The van der Waals surface area contributed by atoms with Crippen molar-refractivity contribution in [3.63, 3.8) is 0 Å². The van der Waals surface area contributed by atoms with Gasteiger partial charge in [0.15, 0.2) is 0 Å². The summed E-state index contributed by atoms with van der Waals surface area (Å²) in [6, 6.07) is 0. The zero-order valence-corrected chi connectivity index (χ0v) is 7.66. The van der Waals surface area contributed by atoms with Crippen molar-refractivity contribution in [3.8, 4) is 0 Å². The number of hydrogen-bond acceptors (Lipinski definition) is 2. The molecule has 0 amide bonds. The fraction of sp³-hybridized carbons (Fsp3) is 0.667. The lowest BCUT2D eigenvalue weighted by atomic mass is 9.81. The van der Waals surface area contributed by atoms with Gasteiger partial charge in [0.05, 0.1) is 12.8 Å². The van der Waals surface area contributed by atoms with Crippen molar-refractivity contribution in [2.75, 3.05) is 0 Å². The minimum atomic E-state index is -2.46. The van der Waals surface area contributed by atoms with Gasteiger partial charge in [0.2, 0.25) is 5.92 Å². The van der Waals surface area contributed by atoms with E-state index < -0.39 is 5.92 Å². The molecular weight excluding hydrogens is 190 g/mol. The standard InChI is InChI=1S/C9H12F2N2O/c10-9(11)1-7(2-9)4-13-5-8(6-14)3-12-13/h3,5,7,14H,1-2,4,6H2. The van der Waals surface area contributed by atoms with Gasteiger partial charge in [0, 0.05) is 31.1 Å². The van der Waals surface area contributed by atoms with Gasteiger partial charge in [-0.1, -0.05) is 0 Å². The van der Waals surface area contributed by atoms with Crippen molar-refractivity contribution in [1.29, 1.82) is 0 Å². The average molecular weight is 202 g/mol. The Kier molecular flexibility index (Phi) is 2.26. The van der Waals surface area contributed by atoms with Gasteiger partial charge in [-0.2, -0.15) is 5.10 Å². The molecule has 1 aromatic rings. The van der Waals surface area contributed by atoms with E-state index in [9.17, 15) is 8.78 Å². The lowest BCUT2D eigenvalue weighted by molar-refractivity contribution is -0.114. The first-order valence-electron chi connectivity index (χ1n) is 4.59. The van der Waals surface area contributed by atoms with Gasteiger partial charge in [-0.05, 0) is 5.92 Å². The maximum Gasteiger partial charge on any atom is 0.248 e. The zero-order valence-electron chi connectivity index (χ0n) is 7.66. The fourth-order valence-electron chi connectivity index (χ4n) is 1.77. The highest BCUT2D eigenvalue weighted by atomic mass is 19.3. The topological polar surface area (TPSA) is 38.1 Å². The Morgan fingerprint density at radius 1 is 1.57 bits per heavy atom. The Bertz CT molecular complexity index is 316. The molecule has 0 aliphatic heterocycles. The van der Waals surface area contributed by atoms with Crippen molar-refractivity contribution in [2.24, 2.45) is 5.92 Å². The molecule has 0 radical (unpaired) electrons. The lowest BCUT2D eigenvalue weighted by Crippen LogP contribution is -2.37. The van der Waals surface area contributed by atoms with Crippen LogP contribution in [0.3, 0.4) is 0 Å². The van der Waals surface area contributed by atoms with Crippen molar-refractivity contribution < 1.29 is 13.9 Å². The van der Waals surface area contributed by atoms with Crippen LogP contribution < -0.4 is 0 Å². The van der Waals surface area contributed by atoms with Gasteiger partial charge < -0.3 is 5.11 Å². The first kappa shape index (κ1) is 9.58. The molecule has 2 rings (SSSR count). The maximum atomic E-state index is 12.5. The average Bonchev–Trinajstić information content (AvgIpc) is 2.49. The molecule has 1 aliphatic rings. The van der Waals surface area contributed by atoms with Crippen LogP contribution in [-0.4, -0.2) is 20.8 Å². The van der Waals surface area contributed by atoms with Gasteiger partial charge in [0.1, 0.15) is 0 Å². The first-order chi connectivity index (χ1) is 6.59. The van der Waals surface area contributed by atoms with Crippen LogP contribution in [0, 0.1) is 5.92 Å². The van der Waals surface area contributed by atoms with Crippen molar-refractivity contribution in [1.82, 2.24) is 9.78 Å². The number of aliphatic hydroxyl groups is 1. The summed E-state index contributed by atoms with van der Waals surface area (Å²) in [7, 11) is 0. The highest BCUT2D eigenvalue weighted by Gasteiger charge is 2.45.